The lowest BCUT2D eigenvalue weighted by atomic mass is 9.98. The van der Waals surface area contributed by atoms with Gasteiger partial charge in [-0.3, -0.25) is 4.90 Å². The standard InChI is InChI=1S/C17H22FN3O3/c1-12(22)15-4-2-3-9-21(15)10-17-19-16(20-24-17)11-23-14-7-5-13(18)6-8-14/h5-8,12,15,22H,2-4,9-11H2,1H3. The van der Waals surface area contributed by atoms with E-state index in [0.717, 1.165) is 25.8 Å². The van der Waals surface area contributed by atoms with Gasteiger partial charge in [0.15, 0.2) is 6.61 Å². The maximum atomic E-state index is 12.8. The van der Waals surface area contributed by atoms with Crippen molar-refractivity contribution in [3.8, 4) is 5.75 Å². The predicted molar refractivity (Wildman–Crippen MR) is 84.8 cm³/mol. The Kier molecular flexibility index (Phi) is 5.42. The molecular weight excluding hydrogens is 313 g/mol. The van der Waals surface area contributed by atoms with Gasteiger partial charge >= 0.3 is 0 Å². The fourth-order valence-corrected chi connectivity index (χ4v) is 3.02. The first-order valence-corrected chi connectivity index (χ1v) is 8.24. The third-order valence-corrected chi connectivity index (χ3v) is 4.25. The molecule has 0 bridgehead atoms. The Hall–Kier alpha value is -1.99. The molecule has 2 unspecified atom stereocenters. The molecular formula is C17H22FN3O3. The van der Waals surface area contributed by atoms with Gasteiger partial charge in [-0.2, -0.15) is 4.98 Å². The van der Waals surface area contributed by atoms with E-state index in [1.54, 1.807) is 12.1 Å². The van der Waals surface area contributed by atoms with Gasteiger partial charge in [-0.15, -0.1) is 0 Å². The topological polar surface area (TPSA) is 71.6 Å². The Balaban J connectivity index is 1.55. The van der Waals surface area contributed by atoms with Crippen LogP contribution in [-0.2, 0) is 13.2 Å². The Morgan fingerprint density at radius 2 is 2.17 bits per heavy atom. The molecule has 6 nitrogen and oxygen atoms in total. The Bertz CT molecular complexity index is 645. The number of benzene rings is 1. The van der Waals surface area contributed by atoms with Gasteiger partial charge in [0.05, 0.1) is 12.6 Å². The van der Waals surface area contributed by atoms with Gasteiger partial charge in [-0.1, -0.05) is 11.6 Å². The lowest BCUT2D eigenvalue weighted by Crippen LogP contribution is -2.45. The molecule has 2 heterocycles. The predicted octanol–water partition coefficient (Wildman–Crippen LogP) is 2.52. The molecule has 3 rings (SSSR count). The maximum absolute atomic E-state index is 12.8. The van der Waals surface area contributed by atoms with E-state index in [4.69, 9.17) is 9.26 Å². The molecule has 1 aliphatic rings. The summed E-state index contributed by atoms with van der Waals surface area (Å²) < 4.78 is 23.6. The molecule has 1 N–H and O–H groups in total. The Morgan fingerprint density at radius 3 is 2.92 bits per heavy atom. The summed E-state index contributed by atoms with van der Waals surface area (Å²) in [5, 5.41) is 13.8. The van der Waals surface area contributed by atoms with Crippen LogP contribution >= 0.6 is 0 Å². The number of hydrogen-bond donors (Lipinski definition) is 1. The molecule has 2 aromatic rings. The van der Waals surface area contributed by atoms with Crippen LogP contribution in [0.25, 0.3) is 0 Å². The summed E-state index contributed by atoms with van der Waals surface area (Å²) in [4.78, 5) is 6.52. The highest BCUT2D eigenvalue weighted by Gasteiger charge is 2.27. The van der Waals surface area contributed by atoms with Crippen molar-refractivity contribution >= 4 is 0 Å². The number of aliphatic hydroxyl groups excluding tert-OH is 1. The number of nitrogens with zero attached hydrogens (tertiary/aromatic N) is 3. The fraction of sp³-hybridized carbons (Fsp3) is 0.529. The van der Waals surface area contributed by atoms with E-state index in [1.165, 1.54) is 12.1 Å². The minimum atomic E-state index is -0.380. The van der Waals surface area contributed by atoms with E-state index in [0.29, 0.717) is 24.0 Å². The maximum Gasteiger partial charge on any atom is 0.240 e. The zero-order valence-electron chi connectivity index (χ0n) is 13.7. The number of rotatable bonds is 6. The van der Waals surface area contributed by atoms with Crippen LogP contribution in [0.4, 0.5) is 4.39 Å². The number of likely N-dealkylation sites (tertiary alicyclic amines) is 1. The quantitative estimate of drug-likeness (QED) is 0.875. The van der Waals surface area contributed by atoms with Crippen LogP contribution < -0.4 is 4.74 Å². The highest BCUT2D eigenvalue weighted by Crippen LogP contribution is 2.21. The van der Waals surface area contributed by atoms with Gasteiger partial charge in [0.2, 0.25) is 11.7 Å². The first kappa shape index (κ1) is 16.9. The molecule has 0 aliphatic carbocycles. The summed E-state index contributed by atoms with van der Waals surface area (Å²) >= 11 is 0. The summed E-state index contributed by atoms with van der Waals surface area (Å²) in [6.07, 6.45) is 2.84. The summed E-state index contributed by atoms with van der Waals surface area (Å²) in [6, 6.07) is 5.91. The molecule has 0 spiro atoms. The number of aromatic nitrogens is 2. The number of ether oxygens (including phenoxy) is 1. The number of piperidine rings is 1. The molecule has 1 saturated heterocycles. The SMILES string of the molecule is CC(O)C1CCCCN1Cc1nc(COc2ccc(F)cc2)no1. The molecule has 1 aliphatic heterocycles. The number of hydrogen-bond acceptors (Lipinski definition) is 6. The average Bonchev–Trinajstić information content (AvgIpc) is 3.02. The number of halogens is 1. The lowest BCUT2D eigenvalue weighted by Gasteiger charge is -2.36. The molecule has 0 amide bonds. The van der Waals surface area contributed by atoms with E-state index in [1.807, 2.05) is 6.92 Å². The van der Waals surface area contributed by atoms with Crippen molar-refractivity contribution < 1.29 is 18.8 Å². The van der Waals surface area contributed by atoms with Gasteiger partial charge in [0.25, 0.3) is 0 Å². The van der Waals surface area contributed by atoms with Gasteiger partial charge < -0.3 is 14.4 Å². The molecule has 1 aromatic carbocycles. The van der Waals surface area contributed by atoms with E-state index >= 15 is 0 Å². The van der Waals surface area contributed by atoms with Gasteiger partial charge in [0, 0.05) is 6.04 Å². The van der Waals surface area contributed by atoms with Crippen LogP contribution in [0.2, 0.25) is 0 Å². The van der Waals surface area contributed by atoms with Crippen molar-refractivity contribution in [2.75, 3.05) is 6.54 Å². The second kappa shape index (κ2) is 7.72. The highest BCUT2D eigenvalue weighted by molar-refractivity contribution is 5.22. The van der Waals surface area contributed by atoms with E-state index in [2.05, 4.69) is 15.0 Å². The van der Waals surface area contributed by atoms with E-state index in [-0.39, 0.29) is 24.6 Å². The van der Waals surface area contributed by atoms with Crippen molar-refractivity contribution in [2.45, 2.75) is 51.5 Å². The summed E-state index contributed by atoms with van der Waals surface area (Å²) in [6.45, 7) is 3.42. The van der Waals surface area contributed by atoms with E-state index < -0.39 is 0 Å². The monoisotopic (exact) mass is 335 g/mol. The minimum absolute atomic E-state index is 0.129. The normalized spacial score (nSPS) is 20.0. The molecule has 0 radical (unpaired) electrons. The molecule has 0 saturated carbocycles. The largest absolute Gasteiger partial charge is 0.485 e. The van der Waals surface area contributed by atoms with Crippen LogP contribution in [0, 0.1) is 5.82 Å². The van der Waals surface area contributed by atoms with Crippen molar-refractivity contribution in [3.63, 3.8) is 0 Å². The van der Waals surface area contributed by atoms with E-state index in [9.17, 15) is 9.50 Å². The second-order valence-corrected chi connectivity index (χ2v) is 6.12. The van der Waals surface area contributed by atoms with Crippen LogP contribution in [0.1, 0.15) is 37.9 Å². The Morgan fingerprint density at radius 1 is 1.38 bits per heavy atom. The summed E-state index contributed by atoms with van der Waals surface area (Å²) in [5.41, 5.74) is 0. The average molecular weight is 335 g/mol. The molecule has 1 aromatic heterocycles. The molecule has 7 heteroatoms. The third kappa shape index (κ3) is 4.30. The van der Waals surface area contributed by atoms with Crippen molar-refractivity contribution in [1.29, 1.82) is 0 Å². The molecule has 1 fully saturated rings. The van der Waals surface area contributed by atoms with Crippen LogP contribution in [0.3, 0.4) is 0 Å². The van der Waals surface area contributed by atoms with Gasteiger partial charge in [-0.05, 0) is 50.6 Å². The third-order valence-electron chi connectivity index (χ3n) is 4.25. The van der Waals surface area contributed by atoms with Crippen LogP contribution in [0.5, 0.6) is 5.75 Å². The van der Waals surface area contributed by atoms with Crippen LogP contribution in [0.15, 0.2) is 28.8 Å². The molecule has 130 valence electrons. The zero-order chi connectivity index (χ0) is 16.9. The molecule has 24 heavy (non-hydrogen) atoms. The van der Waals surface area contributed by atoms with Crippen molar-refractivity contribution in [2.24, 2.45) is 0 Å². The minimum Gasteiger partial charge on any atom is -0.485 e. The summed E-state index contributed by atoms with van der Waals surface area (Å²) in [5.74, 6) is 1.20. The van der Waals surface area contributed by atoms with Crippen LogP contribution in [-0.4, -0.2) is 38.8 Å². The fourth-order valence-electron chi connectivity index (χ4n) is 3.02. The lowest BCUT2D eigenvalue weighted by molar-refractivity contribution is 0.0260. The highest BCUT2D eigenvalue weighted by atomic mass is 19.1. The molecule has 2 atom stereocenters. The van der Waals surface area contributed by atoms with Crippen molar-refractivity contribution in [1.82, 2.24) is 15.0 Å². The van der Waals surface area contributed by atoms with Crippen molar-refractivity contribution in [3.05, 3.63) is 41.8 Å². The first-order valence-electron chi connectivity index (χ1n) is 8.24. The number of aliphatic hydroxyl groups is 1. The summed E-state index contributed by atoms with van der Waals surface area (Å²) in [7, 11) is 0. The Labute approximate surface area is 140 Å². The van der Waals surface area contributed by atoms with Gasteiger partial charge in [0.1, 0.15) is 11.6 Å². The first-order chi connectivity index (χ1) is 11.6. The zero-order valence-corrected chi connectivity index (χ0v) is 13.7. The van der Waals surface area contributed by atoms with Gasteiger partial charge in [-0.25, -0.2) is 4.39 Å². The second-order valence-electron chi connectivity index (χ2n) is 6.12. The smallest absolute Gasteiger partial charge is 0.240 e.